The summed E-state index contributed by atoms with van der Waals surface area (Å²) in [4.78, 5) is 15.5. The predicted octanol–water partition coefficient (Wildman–Crippen LogP) is 2.15. The highest BCUT2D eigenvalue weighted by molar-refractivity contribution is 7.93. The smallest absolute Gasteiger partial charge is 0.263 e. The maximum atomic E-state index is 12.0. The summed E-state index contributed by atoms with van der Waals surface area (Å²) in [6, 6.07) is 7.98. The molecular weight excluding hydrogens is 272 g/mol. The summed E-state index contributed by atoms with van der Waals surface area (Å²) in [6.45, 7) is 1.41. The fourth-order valence-electron chi connectivity index (χ4n) is 1.26. The Morgan fingerprint density at radius 2 is 1.94 bits per heavy atom. The first-order chi connectivity index (χ1) is 8.49. The second-order valence-electron chi connectivity index (χ2n) is 3.50. The Kier molecular flexibility index (Phi) is 3.44. The molecule has 5 nitrogen and oxygen atoms in total. The number of aromatic nitrogens is 1. The molecule has 2 aromatic rings. The van der Waals surface area contributed by atoms with Gasteiger partial charge in [-0.3, -0.25) is 9.52 Å². The van der Waals surface area contributed by atoms with Gasteiger partial charge >= 0.3 is 0 Å². The standard InChI is InChI=1S/C11H10N2O3S2/c1-8(14)10-7-12-11(17-10)13-18(15,16)9-5-3-2-4-6-9/h2-7H,1H3,(H,12,13). The molecule has 18 heavy (non-hydrogen) atoms. The first-order valence-corrected chi connectivity index (χ1v) is 7.33. The third kappa shape index (κ3) is 2.74. The van der Waals surface area contributed by atoms with Gasteiger partial charge in [-0.05, 0) is 12.1 Å². The van der Waals surface area contributed by atoms with Gasteiger partial charge in [-0.2, -0.15) is 0 Å². The molecule has 1 aromatic heterocycles. The molecular formula is C11H10N2O3S2. The van der Waals surface area contributed by atoms with E-state index in [2.05, 4.69) is 9.71 Å². The number of hydrogen-bond donors (Lipinski definition) is 1. The van der Waals surface area contributed by atoms with E-state index in [4.69, 9.17) is 0 Å². The van der Waals surface area contributed by atoms with Crippen LogP contribution in [0.25, 0.3) is 0 Å². The third-order valence-electron chi connectivity index (χ3n) is 2.13. The van der Waals surface area contributed by atoms with Crippen LogP contribution in [0.15, 0.2) is 41.4 Å². The van der Waals surface area contributed by atoms with Crippen molar-refractivity contribution in [1.82, 2.24) is 4.98 Å². The second kappa shape index (κ2) is 4.87. The topological polar surface area (TPSA) is 76.1 Å². The Bertz CT molecular complexity index is 663. The molecule has 94 valence electrons. The third-order valence-corrected chi connectivity index (χ3v) is 4.63. The lowest BCUT2D eigenvalue weighted by molar-refractivity contribution is 0.102. The first kappa shape index (κ1) is 12.7. The number of carbonyl (C=O) groups is 1. The Balaban J connectivity index is 2.25. The molecule has 1 N–H and O–H groups in total. The van der Waals surface area contributed by atoms with Crippen molar-refractivity contribution in [1.29, 1.82) is 0 Å². The Labute approximate surface area is 109 Å². The van der Waals surface area contributed by atoms with Gasteiger partial charge in [0.05, 0.1) is 16.0 Å². The van der Waals surface area contributed by atoms with Gasteiger partial charge in [0.2, 0.25) is 0 Å². The van der Waals surface area contributed by atoms with Crippen LogP contribution in [0.1, 0.15) is 16.6 Å². The van der Waals surface area contributed by atoms with Gasteiger partial charge < -0.3 is 0 Å². The Morgan fingerprint density at radius 3 is 2.50 bits per heavy atom. The average Bonchev–Trinajstić information content (AvgIpc) is 2.78. The van der Waals surface area contributed by atoms with Crippen molar-refractivity contribution in [2.45, 2.75) is 11.8 Å². The van der Waals surface area contributed by atoms with Gasteiger partial charge in [0.1, 0.15) is 0 Å². The van der Waals surface area contributed by atoms with Crippen molar-refractivity contribution >= 4 is 32.3 Å². The van der Waals surface area contributed by atoms with E-state index in [1.165, 1.54) is 25.3 Å². The van der Waals surface area contributed by atoms with Crippen LogP contribution in [0.4, 0.5) is 5.13 Å². The number of Topliss-reactive ketones (excluding diaryl/α,β-unsaturated/α-hetero) is 1. The molecule has 0 aliphatic heterocycles. The molecule has 0 bridgehead atoms. The van der Waals surface area contributed by atoms with Crippen LogP contribution in [0.5, 0.6) is 0 Å². The van der Waals surface area contributed by atoms with Crippen molar-refractivity contribution in [2.24, 2.45) is 0 Å². The molecule has 2 rings (SSSR count). The summed E-state index contributed by atoms with van der Waals surface area (Å²) < 4.78 is 26.2. The molecule has 0 aliphatic carbocycles. The van der Waals surface area contributed by atoms with E-state index < -0.39 is 10.0 Å². The number of anilines is 1. The van der Waals surface area contributed by atoms with E-state index in [9.17, 15) is 13.2 Å². The molecule has 0 aliphatic rings. The van der Waals surface area contributed by atoms with Gasteiger partial charge in [0.15, 0.2) is 10.9 Å². The minimum absolute atomic E-state index is 0.141. The number of rotatable bonds is 4. The molecule has 0 spiro atoms. The van der Waals surface area contributed by atoms with E-state index >= 15 is 0 Å². The number of thiazole rings is 1. The summed E-state index contributed by atoms with van der Waals surface area (Å²) in [5.41, 5.74) is 0. The quantitative estimate of drug-likeness (QED) is 0.872. The number of sulfonamides is 1. The number of carbonyl (C=O) groups excluding carboxylic acids is 1. The van der Waals surface area contributed by atoms with Crippen LogP contribution in [0.3, 0.4) is 0 Å². The van der Waals surface area contributed by atoms with Crippen LogP contribution in [-0.2, 0) is 10.0 Å². The van der Waals surface area contributed by atoms with Crippen molar-refractivity contribution in [3.63, 3.8) is 0 Å². The average molecular weight is 282 g/mol. The molecule has 0 amide bonds. The highest BCUT2D eigenvalue weighted by Gasteiger charge is 2.16. The highest BCUT2D eigenvalue weighted by Crippen LogP contribution is 2.21. The largest absolute Gasteiger partial charge is 0.294 e. The first-order valence-electron chi connectivity index (χ1n) is 5.04. The van der Waals surface area contributed by atoms with Crippen molar-refractivity contribution in [2.75, 3.05) is 4.72 Å². The van der Waals surface area contributed by atoms with Gasteiger partial charge in [0.25, 0.3) is 10.0 Å². The number of nitrogens with one attached hydrogen (secondary N) is 1. The van der Waals surface area contributed by atoms with Gasteiger partial charge in [-0.25, -0.2) is 13.4 Å². The zero-order valence-corrected chi connectivity index (χ0v) is 11.1. The van der Waals surface area contributed by atoms with Crippen molar-refractivity contribution in [3.05, 3.63) is 41.4 Å². The molecule has 0 radical (unpaired) electrons. The minimum atomic E-state index is -3.64. The number of ketones is 1. The fraction of sp³-hybridized carbons (Fsp3) is 0.0909. The number of hydrogen-bond acceptors (Lipinski definition) is 5. The van der Waals surface area contributed by atoms with E-state index in [1.807, 2.05) is 0 Å². The Morgan fingerprint density at radius 1 is 1.28 bits per heavy atom. The number of nitrogens with zero attached hydrogens (tertiary/aromatic N) is 1. The summed E-state index contributed by atoms with van der Waals surface area (Å²) >= 11 is 1.01. The monoisotopic (exact) mass is 282 g/mol. The molecule has 0 saturated carbocycles. The van der Waals surface area contributed by atoms with Crippen LogP contribution >= 0.6 is 11.3 Å². The minimum Gasteiger partial charge on any atom is -0.294 e. The normalized spacial score (nSPS) is 11.2. The second-order valence-corrected chi connectivity index (χ2v) is 6.22. The predicted molar refractivity (Wildman–Crippen MR) is 69.4 cm³/mol. The van der Waals surface area contributed by atoms with Crippen LogP contribution in [0, 0.1) is 0 Å². The van der Waals surface area contributed by atoms with Crippen molar-refractivity contribution < 1.29 is 13.2 Å². The molecule has 0 saturated heterocycles. The lowest BCUT2D eigenvalue weighted by atomic mass is 10.4. The fourth-order valence-corrected chi connectivity index (χ4v) is 3.23. The molecule has 1 heterocycles. The summed E-state index contributed by atoms with van der Waals surface area (Å²) in [5, 5.41) is 0.184. The van der Waals surface area contributed by atoms with Crippen molar-refractivity contribution in [3.8, 4) is 0 Å². The SMILES string of the molecule is CC(=O)c1cnc(NS(=O)(=O)c2ccccc2)s1. The lowest BCUT2D eigenvalue weighted by Crippen LogP contribution is -2.12. The maximum absolute atomic E-state index is 12.0. The molecule has 1 aromatic carbocycles. The van der Waals surface area contributed by atoms with E-state index in [1.54, 1.807) is 18.2 Å². The Hall–Kier alpha value is -1.73. The van der Waals surface area contributed by atoms with Crippen LogP contribution in [-0.4, -0.2) is 19.2 Å². The molecule has 0 unspecified atom stereocenters. The summed E-state index contributed by atoms with van der Waals surface area (Å²) in [7, 11) is -3.64. The van der Waals surface area contributed by atoms with Crippen LogP contribution in [0.2, 0.25) is 0 Å². The van der Waals surface area contributed by atoms with Gasteiger partial charge in [0, 0.05) is 6.92 Å². The zero-order chi connectivity index (χ0) is 13.2. The summed E-state index contributed by atoms with van der Waals surface area (Å²) in [5.74, 6) is -0.141. The number of benzene rings is 1. The zero-order valence-electron chi connectivity index (χ0n) is 9.45. The molecule has 7 heteroatoms. The maximum Gasteiger partial charge on any atom is 0.263 e. The van der Waals surface area contributed by atoms with E-state index in [0.29, 0.717) is 4.88 Å². The van der Waals surface area contributed by atoms with E-state index in [0.717, 1.165) is 11.3 Å². The molecule has 0 fully saturated rings. The lowest BCUT2D eigenvalue weighted by Gasteiger charge is -2.03. The van der Waals surface area contributed by atoms with E-state index in [-0.39, 0.29) is 15.8 Å². The van der Waals surface area contributed by atoms with Gasteiger partial charge in [-0.1, -0.05) is 29.5 Å². The van der Waals surface area contributed by atoms with Crippen LogP contribution < -0.4 is 4.72 Å². The molecule has 0 atom stereocenters. The highest BCUT2D eigenvalue weighted by atomic mass is 32.2. The summed E-state index contributed by atoms with van der Waals surface area (Å²) in [6.07, 6.45) is 1.36. The van der Waals surface area contributed by atoms with Gasteiger partial charge in [-0.15, -0.1) is 0 Å².